The van der Waals surface area contributed by atoms with E-state index in [4.69, 9.17) is 5.11 Å². The minimum absolute atomic E-state index is 0.156. The molecule has 106 valence electrons. The van der Waals surface area contributed by atoms with Crippen LogP contribution in [0.2, 0.25) is 0 Å². The van der Waals surface area contributed by atoms with E-state index in [-0.39, 0.29) is 11.4 Å². The number of nitrogens with zero attached hydrogens (tertiary/aromatic N) is 2. The van der Waals surface area contributed by atoms with Crippen molar-refractivity contribution in [2.24, 2.45) is 0 Å². The average Bonchev–Trinajstić information content (AvgIpc) is 2.74. The number of aromatic nitrogens is 2. The van der Waals surface area contributed by atoms with Gasteiger partial charge in [0.15, 0.2) is 0 Å². The summed E-state index contributed by atoms with van der Waals surface area (Å²) in [7, 11) is 0. The third kappa shape index (κ3) is 2.31. The van der Waals surface area contributed by atoms with Crippen molar-refractivity contribution in [1.29, 1.82) is 0 Å². The number of hydrogen-bond donors (Lipinski definition) is 1. The SMILES string of the molecule is Cc1nc2cc(C(=O)O)ccc2n1-c1ccc(Br)cc1F. The van der Waals surface area contributed by atoms with E-state index in [1.54, 1.807) is 29.7 Å². The molecule has 1 aromatic heterocycles. The van der Waals surface area contributed by atoms with E-state index in [0.717, 1.165) is 0 Å². The van der Waals surface area contributed by atoms with Crippen molar-refractivity contribution in [3.05, 3.63) is 58.1 Å². The molecule has 0 spiro atoms. The number of imidazole rings is 1. The van der Waals surface area contributed by atoms with Gasteiger partial charge in [0, 0.05) is 4.47 Å². The second kappa shape index (κ2) is 4.96. The van der Waals surface area contributed by atoms with E-state index in [2.05, 4.69) is 20.9 Å². The van der Waals surface area contributed by atoms with Gasteiger partial charge in [-0.25, -0.2) is 14.2 Å². The Morgan fingerprint density at radius 2 is 2.05 bits per heavy atom. The molecule has 0 saturated heterocycles. The van der Waals surface area contributed by atoms with Crippen LogP contribution in [0, 0.1) is 12.7 Å². The lowest BCUT2D eigenvalue weighted by Gasteiger charge is -2.08. The van der Waals surface area contributed by atoms with Crippen LogP contribution in [0.4, 0.5) is 4.39 Å². The summed E-state index contributed by atoms with van der Waals surface area (Å²) in [6.07, 6.45) is 0. The Morgan fingerprint density at radius 1 is 1.29 bits per heavy atom. The number of benzene rings is 2. The number of halogens is 2. The summed E-state index contributed by atoms with van der Waals surface area (Å²) in [6, 6.07) is 9.39. The quantitative estimate of drug-likeness (QED) is 0.763. The van der Waals surface area contributed by atoms with Crippen LogP contribution in [-0.4, -0.2) is 20.6 Å². The fraction of sp³-hybridized carbons (Fsp3) is 0.0667. The Labute approximate surface area is 128 Å². The van der Waals surface area contributed by atoms with Crippen molar-refractivity contribution in [3.8, 4) is 5.69 Å². The summed E-state index contributed by atoms with van der Waals surface area (Å²) in [5.41, 5.74) is 1.72. The molecule has 3 rings (SSSR count). The van der Waals surface area contributed by atoms with Crippen molar-refractivity contribution >= 4 is 32.9 Å². The van der Waals surface area contributed by atoms with Gasteiger partial charge >= 0.3 is 5.97 Å². The van der Waals surface area contributed by atoms with Gasteiger partial charge in [0.2, 0.25) is 0 Å². The van der Waals surface area contributed by atoms with Gasteiger partial charge in [0.1, 0.15) is 11.6 Å². The zero-order chi connectivity index (χ0) is 15.1. The molecule has 0 bridgehead atoms. The minimum atomic E-state index is -1.01. The fourth-order valence-electron chi connectivity index (χ4n) is 2.30. The van der Waals surface area contributed by atoms with Gasteiger partial charge in [-0.1, -0.05) is 15.9 Å². The number of aromatic carboxylic acids is 1. The van der Waals surface area contributed by atoms with Gasteiger partial charge in [-0.05, 0) is 43.3 Å². The van der Waals surface area contributed by atoms with Crippen LogP contribution in [0.5, 0.6) is 0 Å². The first-order valence-corrected chi connectivity index (χ1v) is 6.94. The lowest BCUT2D eigenvalue weighted by atomic mass is 10.2. The number of carboxylic acid groups (broad SMARTS) is 1. The van der Waals surface area contributed by atoms with Crippen molar-refractivity contribution < 1.29 is 14.3 Å². The van der Waals surface area contributed by atoms with Crippen molar-refractivity contribution in [1.82, 2.24) is 9.55 Å². The second-order valence-electron chi connectivity index (χ2n) is 4.60. The first-order chi connectivity index (χ1) is 9.97. The molecular formula is C15H10BrFN2O2. The van der Waals surface area contributed by atoms with E-state index < -0.39 is 5.97 Å². The second-order valence-corrected chi connectivity index (χ2v) is 5.51. The van der Waals surface area contributed by atoms with E-state index in [1.807, 2.05) is 0 Å². The topological polar surface area (TPSA) is 55.1 Å². The number of carboxylic acids is 1. The molecule has 0 unspecified atom stereocenters. The molecule has 0 radical (unpaired) electrons. The monoisotopic (exact) mass is 348 g/mol. The zero-order valence-corrected chi connectivity index (χ0v) is 12.6. The summed E-state index contributed by atoms with van der Waals surface area (Å²) < 4.78 is 16.5. The standard InChI is InChI=1S/C15H10BrFN2O2/c1-8-18-12-6-9(15(20)21)2-4-14(12)19(8)13-5-3-10(16)7-11(13)17/h2-7H,1H3,(H,20,21). The molecule has 1 N–H and O–H groups in total. The number of carbonyl (C=O) groups is 1. The predicted molar refractivity (Wildman–Crippen MR) is 80.4 cm³/mol. The van der Waals surface area contributed by atoms with Crippen molar-refractivity contribution in [2.45, 2.75) is 6.92 Å². The Bertz CT molecular complexity index is 873. The van der Waals surface area contributed by atoms with E-state index in [9.17, 15) is 9.18 Å². The van der Waals surface area contributed by atoms with Crippen LogP contribution in [0.1, 0.15) is 16.2 Å². The average molecular weight is 349 g/mol. The number of fused-ring (bicyclic) bond motifs is 1. The maximum Gasteiger partial charge on any atom is 0.335 e. The summed E-state index contributed by atoms with van der Waals surface area (Å²) >= 11 is 3.22. The third-order valence-corrected chi connectivity index (χ3v) is 3.71. The lowest BCUT2D eigenvalue weighted by Crippen LogP contribution is -2.00. The van der Waals surface area contributed by atoms with Crippen molar-refractivity contribution in [2.75, 3.05) is 0 Å². The van der Waals surface area contributed by atoms with Crippen LogP contribution in [0.15, 0.2) is 40.9 Å². The van der Waals surface area contributed by atoms with E-state index >= 15 is 0 Å². The molecule has 0 aliphatic rings. The molecule has 6 heteroatoms. The number of rotatable bonds is 2. The maximum absolute atomic E-state index is 14.2. The summed E-state index contributed by atoms with van der Waals surface area (Å²) in [5, 5.41) is 9.01. The Balaban J connectivity index is 2.27. The van der Waals surface area contributed by atoms with Crippen LogP contribution in [0.3, 0.4) is 0 Å². The zero-order valence-electron chi connectivity index (χ0n) is 11.0. The lowest BCUT2D eigenvalue weighted by molar-refractivity contribution is 0.0697. The van der Waals surface area contributed by atoms with Gasteiger partial charge in [-0.2, -0.15) is 0 Å². The van der Waals surface area contributed by atoms with Crippen LogP contribution < -0.4 is 0 Å². The number of aryl methyl sites for hydroxylation is 1. The maximum atomic E-state index is 14.2. The first-order valence-electron chi connectivity index (χ1n) is 6.15. The highest BCUT2D eigenvalue weighted by Crippen LogP contribution is 2.25. The van der Waals surface area contributed by atoms with Gasteiger partial charge in [-0.3, -0.25) is 4.57 Å². The van der Waals surface area contributed by atoms with Gasteiger partial charge in [0.25, 0.3) is 0 Å². The van der Waals surface area contributed by atoms with Crippen LogP contribution >= 0.6 is 15.9 Å². The van der Waals surface area contributed by atoms with Gasteiger partial charge in [-0.15, -0.1) is 0 Å². The molecule has 0 saturated carbocycles. The highest BCUT2D eigenvalue weighted by atomic mass is 79.9. The fourth-order valence-corrected chi connectivity index (χ4v) is 2.63. The predicted octanol–water partition coefficient (Wildman–Crippen LogP) is 3.93. The molecule has 0 amide bonds. The molecule has 0 aliphatic heterocycles. The molecule has 0 aliphatic carbocycles. The molecule has 0 fully saturated rings. The van der Waals surface area contributed by atoms with E-state index in [0.29, 0.717) is 27.0 Å². The Morgan fingerprint density at radius 3 is 2.71 bits per heavy atom. The smallest absolute Gasteiger partial charge is 0.335 e. The molecule has 3 aromatic rings. The van der Waals surface area contributed by atoms with Crippen molar-refractivity contribution in [3.63, 3.8) is 0 Å². The largest absolute Gasteiger partial charge is 0.478 e. The molecular weight excluding hydrogens is 339 g/mol. The third-order valence-electron chi connectivity index (χ3n) is 3.22. The molecule has 2 aromatic carbocycles. The highest BCUT2D eigenvalue weighted by molar-refractivity contribution is 9.10. The molecule has 21 heavy (non-hydrogen) atoms. The molecule has 1 heterocycles. The highest BCUT2D eigenvalue weighted by Gasteiger charge is 2.14. The van der Waals surface area contributed by atoms with Crippen LogP contribution in [0.25, 0.3) is 16.7 Å². The van der Waals surface area contributed by atoms with Gasteiger partial charge < -0.3 is 5.11 Å². The summed E-state index contributed by atoms with van der Waals surface area (Å²) in [4.78, 5) is 15.3. The van der Waals surface area contributed by atoms with Gasteiger partial charge in [0.05, 0.1) is 22.3 Å². The Kier molecular flexibility index (Phi) is 3.25. The number of hydrogen-bond acceptors (Lipinski definition) is 2. The molecule has 4 nitrogen and oxygen atoms in total. The minimum Gasteiger partial charge on any atom is -0.478 e. The Hall–Kier alpha value is -2.21. The first kappa shape index (κ1) is 13.8. The molecule has 0 atom stereocenters. The normalized spacial score (nSPS) is 11.0. The van der Waals surface area contributed by atoms with Crippen LogP contribution in [-0.2, 0) is 0 Å². The summed E-state index contributed by atoms with van der Waals surface area (Å²) in [6.45, 7) is 1.75. The van der Waals surface area contributed by atoms with E-state index in [1.165, 1.54) is 18.2 Å². The summed E-state index contributed by atoms with van der Waals surface area (Å²) in [5.74, 6) is -0.804.